The van der Waals surface area contributed by atoms with Crippen LogP contribution in [-0.4, -0.2) is 39.8 Å². The van der Waals surface area contributed by atoms with Crippen molar-refractivity contribution in [2.75, 3.05) is 20.2 Å². The maximum Gasteiger partial charge on any atom is 0.127 e. The van der Waals surface area contributed by atoms with Crippen LogP contribution in [0.3, 0.4) is 0 Å². The van der Waals surface area contributed by atoms with Crippen molar-refractivity contribution in [3.8, 4) is 6.07 Å². The number of rotatable bonds is 6. The van der Waals surface area contributed by atoms with E-state index in [-0.39, 0.29) is 12.6 Å². The first-order valence-electron chi connectivity index (χ1n) is 7.23. The van der Waals surface area contributed by atoms with Gasteiger partial charge in [-0.1, -0.05) is 6.07 Å². The molecule has 2 rings (SSSR count). The second-order valence-corrected chi connectivity index (χ2v) is 5.40. The van der Waals surface area contributed by atoms with Gasteiger partial charge in [0.15, 0.2) is 0 Å². The third kappa shape index (κ3) is 3.23. The number of likely N-dealkylation sites (N-methyl/N-ethyl adjacent to an activating group) is 1. The van der Waals surface area contributed by atoms with Gasteiger partial charge < -0.3 is 9.67 Å². The van der Waals surface area contributed by atoms with Crippen LogP contribution >= 0.6 is 0 Å². The van der Waals surface area contributed by atoms with Crippen molar-refractivity contribution in [1.29, 1.82) is 5.26 Å². The summed E-state index contributed by atoms with van der Waals surface area (Å²) < 4.78 is 2.12. The van der Waals surface area contributed by atoms with E-state index in [1.54, 1.807) is 0 Å². The van der Waals surface area contributed by atoms with Gasteiger partial charge in [0.25, 0.3) is 0 Å². The fourth-order valence-corrected chi connectivity index (χ4v) is 2.52. The second kappa shape index (κ2) is 6.70. The minimum atomic E-state index is 0.0866. The minimum absolute atomic E-state index is 0.0866. The zero-order valence-corrected chi connectivity index (χ0v) is 12.9. The number of hydrogen-bond acceptors (Lipinski definition) is 4. The molecule has 1 unspecified atom stereocenters. The van der Waals surface area contributed by atoms with Gasteiger partial charge in [-0.3, -0.25) is 4.90 Å². The third-order valence-electron chi connectivity index (χ3n) is 3.87. The van der Waals surface area contributed by atoms with Crippen molar-refractivity contribution < 1.29 is 5.11 Å². The lowest BCUT2D eigenvalue weighted by atomic mass is 10.2. The highest BCUT2D eigenvalue weighted by Gasteiger charge is 2.19. The Balaban J connectivity index is 2.47. The summed E-state index contributed by atoms with van der Waals surface area (Å²) >= 11 is 0. The summed E-state index contributed by atoms with van der Waals surface area (Å²) in [5.74, 6) is 0.946. The van der Waals surface area contributed by atoms with Gasteiger partial charge in [-0.25, -0.2) is 4.98 Å². The van der Waals surface area contributed by atoms with Gasteiger partial charge in [0.05, 0.1) is 36.2 Å². The molecule has 0 spiro atoms. The van der Waals surface area contributed by atoms with Crippen molar-refractivity contribution in [2.45, 2.75) is 32.9 Å². The lowest BCUT2D eigenvalue weighted by Crippen LogP contribution is -2.27. The van der Waals surface area contributed by atoms with Crippen LogP contribution in [0.25, 0.3) is 11.0 Å². The van der Waals surface area contributed by atoms with E-state index in [0.29, 0.717) is 19.5 Å². The normalized spacial score (nSPS) is 12.8. The molecule has 0 amide bonds. The van der Waals surface area contributed by atoms with Crippen molar-refractivity contribution in [3.05, 3.63) is 29.6 Å². The van der Waals surface area contributed by atoms with Crippen LogP contribution in [-0.2, 0) is 6.54 Å². The second-order valence-electron chi connectivity index (χ2n) is 5.40. The molecule has 0 bridgehead atoms. The van der Waals surface area contributed by atoms with E-state index >= 15 is 0 Å². The van der Waals surface area contributed by atoms with Crippen LogP contribution in [0, 0.1) is 18.3 Å². The predicted molar refractivity (Wildman–Crippen MR) is 82.8 cm³/mol. The Morgan fingerprint density at radius 1 is 1.48 bits per heavy atom. The molecular formula is C16H22N4O. The fourth-order valence-electron chi connectivity index (χ4n) is 2.52. The zero-order chi connectivity index (χ0) is 15.4. The van der Waals surface area contributed by atoms with Crippen molar-refractivity contribution in [3.63, 3.8) is 0 Å². The molecule has 0 fully saturated rings. The first kappa shape index (κ1) is 15.5. The first-order chi connectivity index (χ1) is 10.1. The Morgan fingerprint density at radius 2 is 2.24 bits per heavy atom. The summed E-state index contributed by atoms with van der Waals surface area (Å²) in [6.07, 6.45) is 0.461. The summed E-state index contributed by atoms with van der Waals surface area (Å²) in [7, 11) is 1.97. The minimum Gasteiger partial charge on any atom is -0.395 e. The topological polar surface area (TPSA) is 65.1 Å². The number of hydrogen-bond donors (Lipinski definition) is 1. The Hall–Kier alpha value is -1.90. The Labute approximate surface area is 125 Å². The number of benzene rings is 1. The summed E-state index contributed by atoms with van der Waals surface area (Å²) in [6, 6.07) is 8.49. The molecule has 1 heterocycles. The maximum atomic E-state index is 9.11. The van der Waals surface area contributed by atoms with E-state index in [2.05, 4.69) is 47.6 Å². The van der Waals surface area contributed by atoms with Crippen LogP contribution in [0.1, 0.15) is 30.8 Å². The Morgan fingerprint density at radius 3 is 2.90 bits per heavy atom. The first-order valence-corrected chi connectivity index (χ1v) is 7.23. The van der Waals surface area contributed by atoms with Crippen LogP contribution in [0.5, 0.6) is 0 Å². The number of fused-ring (bicyclic) bond motifs is 1. The SMILES string of the molecule is Cc1ccc2c(c1)nc(C(C)N(C)CCO)n2CCC#N. The van der Waals surface area contributed by atoms with Gasteiger partial charge >= 0.3 is 0 Å². The molecule has 1 atom stereocenters. The number of aryl methyl sites for hydroxylation is 2. The molecule has 1 N–H and O–H groups in total. The van der Waals surface area contributed by atoms with E-state index < -0.39 is 0 Å². The number of imidazole rings is 1. The average molecular weight is 286 g/mol. The summed E-state index contributed by atoms with van der Waals surface area (Å²) in [5, 5.41) is 18.0. The molecule has 0 radical (unpaired) electrons. The fraction of sp³-hybridized carbons (Fsp3) is 0.500. The van der Waals surface area contributed by atoms with Crippen molar-refractivity contribution in [2.24, 2.45) is 0 Å². The van der Waals surface area contributed by atoms with Crippen LogP contribution in [0.2, 0.25) is 0 Å². The average Bonchev–Trinajstić information content (AvgIpc) is 2.82. The number of aliphatic hydroxyl groups excluding tert-OH is 1. The quantitative estimate of drug-likeness (QED) is 0.884. The highest BCUT2D eigenvalue weighted by Crippen LogP contribution is 2.25. The smallest absolute Gasteiger partial charge is 0.127 e. The molecule has 112 valence electrons. The van der Waals surface area contributed by atoms with Crippen LogP contribution in [0.4, 0.5) is 0 Å². The van der Waals surface area contributed by atoms with Crippen molar-refractivity contribution in [1.82, 2.24) is 14.5 Å². The Kier molecular flexibility index (Phi) is 4.94. The molecule has 2 aromatic rings. The molecule has 1 aromatic carbocycles. The summed E-state index contributed by atoms with van der Waals surface area (Å²) in [6.45, 7) is 5.49. The Bertz CT molecular complexity index is 656. The highest BCUT2D eigenvalue weighted by molar-refractivity contribution is 5.77. The lowest BCUT2D eigenvalue weighted by molar-refractivity contribution is 0.182. The summed E-state index contributed by atoms with van der Waals surface area (Å²) in [5.41, 5.74) is 3.21. The van der Waals surface area contributed by atoms with Gasteiger partial charge in [0.1, 0.15) is 5.82 Å². The van der Waals surface area contributed by atoms with E-state index in [1.165, 1.54) is 5.56 Å². The number of nitriles is 1. The number of aromatic nitrogens is 2. The third-order valence-corrected chi connectivity index (χ3v) is 3.87. The van der Waals surface area contributed by atoms with E-state index in [1.807, 2.05) is 7.05 Å². The van der Waals surface area contributed by atoms with Crippen LogP contribution in [0.15, 0.2) is 18.2 Å². The van der Waals surface area contributed by atoms with E-state index in [9.17, 15) is 0 Å². The lowest BCUT2D eigenvalue weighted by Gasteiger charge is -2.24. The largest absolute Gasteiger partial charge is 0.395 e. The van der Waals surface area contributed by atoms with E-state index in [0.717, 1.165) is 16.9 Å². The zero-order valence-electron chi connectivity index (χ0n) is 12.9. The molecule has 0 saturated heterocycles. The molecule has 5 nitrogen and oxygen atoms in total. The molecular weight excluding hydrogens is 264 g/mol. The molecule has 1 aromatic heterocycles. The predicted octanol–water partition coefficient (Wildman–Crippen LogP) is 2.24. The molecule has 0 aliphatic rings. The van der Waals surface area contributed by atoms with Gasteiger partial charge in [-0.15, -0.1) is 0 Å². The molecule has 5 heteroatoms. The standard InChI is InChI=1S/C16H22N4O/c1-12-5-6-15-14(11-12)18-16(20(15)8-4-7-17)13(2)19(3)9-10-21/h5-6,11,13,21H,4,8-10H2,1-3H3. The molecule has 0 aliphatic carbocycles. The summed E-state index contributed by atoms with van der Waals surface area (Å²) in [4.78, 5) is 6.83. The highest BCUT2D eigenvalue weighted by atomic mass is 16.3. The van der Waals surface area contributed by atoms with Gasteiger partial charge in [0, 0.05) is 13.1 Å². The molecule has 0 saturated carbocycles. The van der Waals surface area contributed by atoms with Crippen LogP contribution < -0.4 is 0 Å². The van der Waals surface area contributed by atoms with Gasteiger partial charge in [0.2, 0.25) is 0 Å². The molecule has 21 heavy (non-hydrogen) atoms. The monoisotopic (exact) mass is 286 g/mol. The molecule has 0 aliphatic heterocycles. The van der Waals surface area contributed by atoms with Crippen molar-refractivity contribution >= 4 is 11.0 Å². The van der Waals surface area contributed by atoms with E-state index in [4.69, 9.17) is 15.4 Å². The van der Waals surface area contributed by atoms with Gasteiger partial charge in [-0.2, -0.15) is 5.26 Å². The maximum absolute atomic E-state index is 9.11. The number of aliphatic hydroxyl groups is 1. The number of nitrogens with zero attached hydrogens (tertiary/aromatic N) is 4. The van der Waals surface area contributed by atoms with Gasteiger partial charge in [-0.05, 0) is 38.6 Å².